The zero-order valence-electron chi connectivity index (χ0n) is 22.1. The Morgan fingerprint density at radius 3 is 2.05 bits per heavy atom. The summed E-state index contributed by atoms with van der Waals surface area (Å²) in [5.74, 6) is -3.97. The molecule has 0 fully saturated rings. The Hall–Kier alpha value is -3.80. The number of carboxylic acids is 1. The number of nitrogens with two attached hydrogens (primary N) is 1. The number of aliphatic carboxylic acids is 1. The molecule has 0 aliphatic heterocycles. The van der Waals surface area contributed by atoms with E-state index in [-0.39, 0.29) is 18.8 Å². The van der Waals surface area contributed by atoms with Crippen LogP contribution in [0.1, 0.15) is 52.0 Å². The molecule has 0 radical (unpaired) electrons. The summed E-state index contributed by atoms with van der Waals surface area (Å²) in [6.07, 6.45) is 1.17. The van der Waals surface area contributed by atoms with Crippen LogP contribution in [0.15, 0.2) is 30.3 Å². The van der Waals surface area contributed by atoms with Gasteiger partial charge in [0.2, 0.25) is 23.6 Å². The first kappa shape index (κ1) is 32.2. The molecule has 4 atom stereocenters. The van der Waals surface area contributed by atoms with Crippen LogP contribution in [0.4, 0.5) is 0 Å². The Balaban J connectivity index is 3.03. The Morgan fingerprint density at radius 1 is 0.895 bits per heavy atom. The van der Waals surface area contributed by atoms with E-state index in [0.717, 1.165) is 5.56 Å². The molecule has 4 amide bonds. The summed E-state index contributed by atoms with van der Waals surface area (Å²) in [5, 5.41) is 19.2. The van der Waals surface area contributed by atoms with Crippen molar-refractivity contribution in [2.45, 2.75) is 77.0 Å². The second kappa shape index (κ2) is 16.8. The van der Waals surface area contributed by atoms with Gasteiger partial charge in [-0.05, 0) is 37.3 Å². The van der Waals surface area contributed by atoms with Crippen molar-refractivity contribution in [2.24, 2.45) is 11.7 Å². The standard InChI is InChI=1S/C26H39N5O7/c1-16(2)23(31-25(37)21(28-17(3)33)13-18-9-5-4-6-10-18)26(38)30-20(11-7-8-12-27)24(36)29-19(15-32)14-22(34)35/h4-6,9-10,15-16,19-21,23H,7-8,11-14,27H2,1-3H3,(H,28,33)(H,29,36)(H,30,38)(H,31,37)(H,34,35)/t19?,20-,21-,23-/m0/s1. The van der Waals surface area contributed by atoms with E-state index in [4.69, 9.17) is 10.8 Å². The van der Waals surface area contributed by atoms with Crippen molar-refractivity contribution in [2.75, 3.05) is 6.54 Å². The summed E-state index contributed by atoms with van der Waals surface area (Å²) in [4.78, 5) is 73.1. The van der Waals surface area contributed by atoms with E-state index >= 15 is 0 Å². The SMILES string of the molecule is CC(=O)N[C@@H](Cc1ccccc1)C(=O)N[C@H](C(=O)N[C@@H](CCCCN)C(=O)NC(C=O)CC(=O)O)C(C)C. The molecule has 0 heterocycles. The Kier molecular flexibility index (Phi) is 14.3. The summed E-state index contributed by atoms with van der Waals surface area (Å²) < 4.78 is 0. The molecular weight excluding hydrogens is 494 g/mol. The van der Waals surface area contributed by atoms with Gasteiger partial charge in [-0.15, -0.1) is 0 Å². The van der Waals surface area contributed by atoms with E-state index < -0.39 is 60.2 Å². The predicted octanol–water partition coefficient (Wildman–Crippen LogP) is -0.353. The van der Waals surface area contributed by atoms with E-state index in [0.29, 0.717) is 25.7 Å². The second-order valence-corrected chi connectivity index (χ2v) is 9.37. The average molecular weight is 534 g/mol. The third-order valence-corrected chi connectivity index (χ3v) is 5.69. The number of carbonyl (C=O) groups excluding carboxylic acids is 5. The lowest BCUT2D eigenvalue weighted by atomic mass is 10.00. The molecule has 38 heavy (non-hydrogen) atoms. The van der Waals surface area contributed by atoms with E-state index in [1.807, 2.05) is 30.3 Å². The van der Waals surface area contributed by atoms with Crippen molar-refractivity contribution in [1.29, 1.82) is 0 Å². The van der Waals surface area contributed by atoms with Crippen molar-refractivity contribution in [3.8, 4) is 0 Å². The molecule has 0 spiro atoms. The van der Waals surface area contributed by atoms with Crippen LogP contribution >= 0.6 is 0 Å². The van der Waals surface area contributed by atoms with E-state index in [1.54, 1.807) is 13.8 Å². The molecule has 0 aromatic heterocycles. The van der Waals surface area contributed by atoms with Gasteiger partial charge in [0.05, 0.1) is 12.5 Å². The van der Waals surface area contributed by atoms with E-state index in [1.165, 1.54) is 6.92 Å². The molecule has 210 valence electrons. The Labute approximate surface area is 222 Å². The van der Waals surface area contributed by atoms with Gasteiger partial charge in [-0.3, -0.25) is 24.0 Å². The molecule has 1 aromatic rings. The highest BCUT2D eigenvalue weighted by atomic mass is 16.4. The van der Waals surface area contributed by atoms with Gasteiger partial charge in [-0.1, -0.05) is 44.2 Å². The normalized spacial score (nSPS) is 13.9. The summed E-state index contributed by atoms with van der Waals surface area (Å²) in [5.41, 5.74) is 6.35. The molecule has 12 heteroatoms. The predicted molar refractivity (Wildman–Crippen MR) is 140 cm³/mol. The number of unbranched alkanes of at least 4 members (excludes halogenated alkanes) is 1. The number of rotatable bonds is 17. The van der Waals surface area contributed by atoms with Crippen LogP contribution in [0.25, 0.3) is 0 Å². The van der Waals surface area contributed by atoms with Gasteiger partial charge >= 0.3 is 5.97 Å². The number of benzene rings is 1. The number of carbonyl (C=O) groups is 6. The first-order chi connectivity index (χ1) is 18.0. The number of nitrogens with one attached hydrogen (secondary N) is 4. The lowest BCUT2D eigenvalue weighted by Gasteiger charge is -2.27. The minimum Gasteiger partial charge on any atom is -0.481 e. The third kappa shape index (κ3) is 12.0. The molecule has 0 aliphatic carbocycles. The molecule has 0 aliphatic rings. The second-order valence-electron chi connectivity index (χ2n) is 9.37. The highest BCUT2D eigenvalue weighted by molar-refractivity contribution is 5.95. The van der Waals surface area contributed by atoms with Gasteiger partial charge in [0.1, 0.15) is 24.4 Å². The maximum absolute atomic E-state index is 13.2. The maximum atomic E-state index is 13.2. The Morgan fingerprint density at radius 2 is 1.53 bits per heavy atom. The first-order valence-electron chi connectivity index (χ1n) is 12.6. The highest BCUT2D eigenvalue weighted by Crippen LogP contribution is 2.09. The molecule has 1 aromatic carbocycles. The number of hydrogen-bond donors (Lipinski definition) is 6. The van der Waals surface area contributed by atoms with Crippen LogP contribution in [0.3, 0.4) is 0 Å². The zero-order chi connectivity index (χ0) is 28.7. The Bertz CT molecular complexity index is 955. The third-order valence-electron chi connectivity index (χ3n) is 5.69. The minimum atomic E-state index is -1.27. The monoisotopic (exact) mass is 533 g/mol. The number of hydrogen-bond acceptors (Lipinski definition) is 7. The highest BCUT2D eigenvalue weighted by Gasteiger charge is 2.31. The van der Waals surface area contributed by atoms with Gasteiger partial charge in [-0.2, -0.15) is 0 Å². The average Bonchev–Trinajstić information content (AvgIpc) is 2.85. The van der Waals surface area contributed by atoms with Crippen molar-refractivity contribution >= 4 is 35.9 Å². The van der Waals surface area contributed by atoms with E-state index in [2.05, 4.69) is 21.3 Å². The molecule has 0 bridgehead atoms. The lowest BCUT2D eigenvalue weighted by Crippen LogP contribution is -2.59. The fourth-order valence-electron chi connectivity index (χ4n) is 3.72. The summed E-state index contributed by atoms with van der Waals surface area (Å²) >= 11 is 0. The van der Waals surface area contributed by atoms with Crippen LogP contribution in [0.5, 0.6) is 0 Å². The van der Waals surface area contributed by atoms with Crippen LogP contribution in [-0.2, 0) is 35.2 Å². The molecule has 1 unspecified atom stereocenters. The van der Waals surface area contributed by atoms with Crippen LogP contribution in [0.2, 0.25) is 0 Å². The van der Waals surface area contributed by atoms with Crippen LogP contribution in [0, 0.1) is 5.92 Å². The van der Waals surface area contributed by atoms with Gasteiger partial charge in [0.25, 0.3) is 0 Å². The van der Waals surface area contributed by atoms with Crippen LogP contribution in [-0.4, -0.2) is 71.7 Å². The zero-order valence-corrected chi connectivity index (χ0v) is 22.1. The van der Waals surface area contributed by atoms with Gasteiger partial charge in [0, 0.05) is 13.3 Å². The molecule has 0 saturated heterocycles. The van der Waals surface area contributed by atoms with Crippen molar-refractivity contribution < 1.29 is 33.9 Å². The summed E-state index contributed by atoms with van der Waals surface area (Å²) in [7, 11) is 0. The quantitative estimate of drug-likeness (QED) is 0.115. The van der Waals surface area contributed by atoms with Gasteiger partial charge in [-0.25, -0.2) is 0 Å². The molecule has 0 saturated carbocycles. The smallest absolute Gasteiger partial charge is 0.305 e. The first-order valence-corrected chi connectivity index (χ1v) is 12.6. The van der Waals surface area contributed by atoms with Crippen molar-refractivity contribution in [3.05, 3.63) is 35.9 Å². The number of aldehydes is 1. The molecule has 12 nitrogen and oxygen atoms in total. The van der Waals surface area contributed by atoms with Gasteiger partial charge in [0.15, 0.2) is 0 Å². The summed E-state index contributed by atoms with van der Waals surface area (Å²) in [6, 6.07) is 4.76. The van der Waals surface area contributed by atoms with E-state index in [9.17, 15) is 28.8 Å². The fourth-order valence-corrected chi connectivity index (χ4v) is 3.72. The van der Waals surface area contributed by atoms with Crippen molar-refractivity contribution in [1.82, 2.24) is 21.3 Å². The lowest BCUT2D eigenvalue weighted by molar-refractivity contribution is -0.139. The summed E-state index contributed by atoms with van der Waals surface area (Å²) in [6.45, 7) is 5.09. The van der Waals surface area contributed by atoms with Crippen molar-refractivity contribution in [3.63, 3.8) is 0 Å². The minimum absolute atomic E-state index is 0.189. The maximum Gasteiger partial charge on any atom is 0.305 e. The topological polar surface area (TPSA) is 197 Å². The van der Waals surface area contributed by atoms with Gasteiger partial charge < -0.3 is 36.9 Å². The number of amides is 4. The molecular formula is C26H39N5O7. The fraction of sp³-hybridized carbons (Fsp3) is 0.538. The van der Waals surface area contributed by atoms with Crippen LogP contribution < -0.4 is 27.0 Å². The largest absolute Gasteiger partial charge is 0.481 e. The number of carboxylic acid groups (broad SMARTS) is 1. The molecule has 7 N–H and O–H groups in total. The molecule has 1 rings (SSSR count).